The number of hydrogen-bond donors (Lipinski definition) is 2. The van der Waals surface area contributed by atoms with Crippen molar-refractivity contribution in [2.24, 2.45) is 0 Å². The first kappa shape index (κ1) is 19.0. The molecule has 2 amide bonds. The summed E-state index contributed by atoms with van der Waals surface area (Å²) in [6.07, 6.45) is 0. The summed E-state index contributed by atoms with van der Waals surface area (Å²) in [5.41, 5.74) is 1.59. The van der Waals surface area contributed by atoms with Crippen LogP contribution in [0.25, 0.3) is 0 Å². The average Bonchev–Trinajstić information content (AvgIpc) is 2.61. The normalized spacial score (nSPS) is 11.8. The number of benzene rings is 2. The summed E-state index contributed by atoms with van der Waals surface area (Å²) in [4.78, 5) is 26.1. The summed E-state index contributed by atoms with van der Waals surface area (Å²) in [6, 6.07) is 16.3. The van der Waals surface area contributed by atoms with Crippen LogP contribution in [0.3, 0.4) is 0 Å². The number of hydrogen-bond acceptors (Lipinski definition) is 3. The van der Waals surface area contributed by atoms with Crippen molar-refractivity contribution in [3.63, 3.8) is 0 Å². The highest BCUT2D eigenvalue weighted by Gasteiger charge is 2.20. The summed E-state index contributed by atoms with van der Waals surface area (Å²) in [7, 11) is 1.74. The molecule has 0 aliphatic heterocycles. The van der Waals surface area contributed by atoms with Gasteiger partial charge >= 0.3 is 0 Å². The first-order valence-corrected chi connectivity index (χ1v) is 8.41. The number of nitrogens with one attached hydrogen (secondary N) is 2. The Kier molecular flexibility index (Phi) is 6.98. The molecule has 0 bridgehead atoms. The Bertz CT molecular complexity index is 722. The van der Waals surface area contributed by atoms with Gasteiger partial charge in [0.1, 0.15) is 0 Å². The van der Waals surface area contributed by atoms with Crippen LogP contribution in [0.4, 0.5) is 5.69 Å². The Labute approximate surface area is 153 Å². The number of rotatable bonds is 7. The second-order valence-electron chi connectivity index (χ2n) is 5.82. The molecular weight excluding hydrogens is 338 g/mol. The molecule has 0 spiro atoms. The Balaban J connectivity index is 1.82. The lowest BCUT2D eigenvalue weighted by atomic mass is 10.2. The van der Waals surface area contributed by atoms with E-state index < -0.39 is 6.04 Å². The van der Waals surface area contributed by atoms with Crippen LogP contribution >= 0.6 is 11.6 Å². The third-order valence-electron chi connectivity index (χ3n) is 3.89. The van der Waals surface area contributed by atoms with Crippen molar-refractivity contribution in [3.8, 4) is 0 Å². The molecule has 0 heterocycles. The van der Waals surface area contributed by atoms with Gasteiger partial charge in [-0.15, -0.1) is 0 Å². The predicted molar refractivity (Wildman–Crippen MR) is 100 cm³/mol. The minimum Gasteiger partial charge on any atom is -0.351 e. The highest BCUT2D eigenvalue weighted by molar-refractivity contribution is 6.33. The smallest absolute Gasteiger partial charge is 0.238 e. The number of amides is 2. The lowest BCUT2D eigenvalue weighted by Crippen LogP contribution is -2.45. The molecule has 1 atom stereocenters. The van der Waals surface area contributed by atoms with Crippen molar-refractivity contribution in [1.29, 1.82) is 0 Å². The molecule has 0 fully saturated rings. The van der Waals surface area contributed by atoms with Gasteiger partial charge in [0.15, 0.2) is 0 Å². The van der Waals surface area contributed by atoms with Crippen molar-refractivity contribution in [1.82, 2.24) is 10.2 Å². The number of carbonyl (C=O) groups is 2. The van der Waals surface area contributed by atoms with Crippen molar-refractivity contribution >= 4 is 29.1 Å². The molecule has 25 heavy (non-hydrogen) atoms. The molecule has 0 aromatic heterocycles. The van der Waals surface area contributed by atoms with E-state index in [1.54, 1.807) is 43.1 Å². The average molecular weight is 360 g/mol. The molecule has 0 aliphatic carbocycles. The lowest BCUT2D eigenvalue weighted by Gasteiger charge is -2.23. The van der Waals surface area contributed by atoms with E-state index in [-0.39, 0.29) is 18.4 Å². The van der Waals surface area contributed by atoms with Gasteiger partial charge in [-0.2, -0.15) is 0 Å². The van der Waals surface area contributed by atoms with Gasteiger partial charge in [-0.05, 0) is 31.7 Å². The third kappa shape index (κ3) is 5.89. The number of anilines is 1. The quantitative estimate of drug-likeness (QED) is 0.799. The first-order chi connectivity index (χ1) is 12.0. The molecule has 0 saturated heterocycles. The monoisotopic (exact) mass is 359 g/mol. The molecule has 0 radical (unpaired) electrons. The zero-order chi connectivity index (χ0) is 18.2. The number of para-hydroxylation sites is 1. The van der Waals surface area contributed by atoms with Crippen LogP contribution in [0.1, 0.15) is 12.5 Å². The van der Waals surface area contributed by atoms with Crippen LogP contribution in [0, 0.1) is 0 Å². The Morgan fingerprint density at radius 3 is 2.40 bits per heavy atom. The van der Waals surface area contributed by atoms with Gasteiger partial charge in [-0.3, -0.25) is 14.5 Å². The van der Waals surface area contributed by atoms with Gasteiger partial charge in [-0.1, -0.05) is 54.1 Å². The van der Waals surface area contributed by atoms with Crippen LogP contribution in [0.5, 0.6) is 0 Å². The molecular formula is C19H22ClN3O2. The van der Waals surface area contributed by atoms with E-state index in [1.807, 2.05) is 30.3 Å². The van der Waals surface area contributed by atoms with Crippen LogP contribution < -0.4 is 10.6 Å². The fraction of sp³-hybridized carbons (Fsp3) is 0.263. The Morgan fingerprint density at radius 1 is 1.08 bits per heavy atom. The third-order valence-corrected chi connectivity index (χ3v) is 4.22. The van der Waals surface area contributed by atoms with E-state index in [1.165, 1.54) is 0 Å². The van der Waals surface area contributed by atoms with Gasteiger partial charge < -0.3 is 10.6 Å². The minimum absolute atomic E-state index is 0.0884. The summed E-state index contributed by atoms with van der Waals surface area (Å²) in [5, 5.41) is 6.11. The molecule has 5 nitrogen and oxygen atoms in total. The lowest BCUT2D eigenvalue weighted by molar-refractivity contribution is -0.126. The topological polar surface area (TPSA) is 61.4 Å². The predicted octanol–water partition coefficient (Wildman–Crippen LogP) is 2.92. The standard InChI is InChI=1S/C19H22ClN3O2/c1-14(19(25)21-12-15-8-4-3-5-9-15)23(2)13-18(24)22-17-11-7-6-10-16(17)20/h3-11,14H,12-13H2,1-2H3,(H,21,25)(H,22,24). The van der Waals surface area contributed by atoms with E-state index in [2.05, 4.69) is 10.6 Å². The number of carbonyl (C=O) groups excluding carboxylic acids is 2. The largest absolute Gasteiger partial charge is 0.351 e. The van der Waals surface area contributed by atoms with Crippen LogP contribution in [0.15, 0.2) is 54.6 Å². The second-order valence-corrected chi connectivity index (χ2v) is 6.23. The summed E-state index contributed by atoms with van der Waals surface area (Å²) >= 11 is 6.02. The van der Waals surface area contributed by atoms with E-state index in [4.69, 9.17) is 11.6 Å². The maximum Gasteiger partial charge on any atom is 0.238 e. The van der Waals surface area contributed by atoms with E-state index >= 15 is 0 Å². The first-order valence-electron chi connectivity index (χ1n) is 8.03. The molecule has 2 aromatic rings. The molecule has 2 aromatic carbocycles. The van der Waals surface area contributed by atoms with Crippen molar-refractivity contribution in [2.45, 2.75) is 19.5 Å². The van der Waals surface area contributed by atoms with Gasteiger partial charge in [0.05, 0.1) is 23.3 Å². The highest BCUT2D eigenvalue weighted by atomic mass is 35.5. The van der Waals surface area contributed by atoms with Crippen molar-refractivity contribution in [3.05, 3.63) is 65.2 Å². The number of nitrogens with zero attached hydrogens (tertiary/aromatic N) is 1. The van der Waals surface area contributed by atoms with Gasteiger partial charge in [0, 0.05) is 6.54 Å². The minimum atomic E-state index is -0.430. The summed E-state index contributed by atoms with van der Waals surface area (Å²) in [6.45, 7) is 2.32. The van der Waals surface area contributed by atoms with Gasteiger partial charge in [-0.25, -0.2) is 0 Å². The van der Waals surface area contributed by atoms with Crippen molar-refractivity contribution in [2.75, 3.05) is 18.9 Å². The number of likely N-dealkylation sites (N-methyl/N-ethyl adjacent to an activating group) is 1. The van der Waals surface area contributed by atoms with E-state index in [0.717, 1.165) is 5.56 Å². The molecule has 2 rings (SSSR count). The summed E-state index contributed by atoms with van der Waals surface area (Å²) in [5.74, 6) is -0.352. The van der Waals surface area contributed by atoms with Crippen LogP contribution in [0.2, 0.25) is 5.02 Å². The summed E-state index contributed by atoms with van der Waals surface area (Å²) < 4.78 is 0. The van der Waals surface area contributed by atoms with Crippen LogP contribution in [-0.2, 0) is 16.1 Å². The van der Waals surface area contributed by atoms with Crippen molar-refractivity contribution < 1.29 is 9.59 Å². The number of halogens is 1. The maximum absolute atomic E-state index is 12.2. The maximum atomic E-state index is 12.2. The zero-order valence-corrected chi connectivity index (χ0v) is 15.1. The molecule has 1 unspecified atom stereocenters. The fourth-order valence-corrected chi connectivity index (χ4v) is 2.43. The molecule has 2 N–H and O–H groups in total. The zero-order valence-electron chi connectivity index (χ0n) is 14.3. The molecule has 132 valence electrons. The SMILES string of the molecule is CC(C(=O)NCc1ccccc1)N(C)CC(=O)Nc1ccccc1Cl. The van der Waals surface area contributed by atoms with Gasteiger partial charge in [0.25, 0.3) is 0 Å². The Hall–Kier alpha value is -2.37. The molecule has 6 heteroatoms. The van der Waals surface area contributed by atoms with Crippen LogP contribution in [-0.4, -0.2) is 36.3 Å². The van der Waals surface area contributed by atoms with E-state index in [0.29, 0.717) is 17.3 Å². The van der Waals surface area contributed by atoms with Gasteiger partial charge in [0.2, 0.25) is 11.8 Å². The molecule has 0 saturated carbocycles. The highest BCUT2D eigenvalue weighted by Crippen LogP contribution is 2.20. The Morgan fingerprint density at radius 2 is 1.72 bits per heavy atom. The molecule has 0 aliphatic rings. The second kappa shape index (κ2) is 9.20. The van der Waals surface area contributed by atoms with E-state index in [9.17, 15) is 9.59 Å². The fourth-order valence-electron chi connectivity index (χ4n) is 2.25.